The molecule has 9 heteroatoms. The van der Waals surface area contributed by atoms with Gasteiger partial charge in [-0.1, -0.05) is 11.3 Å². The highest BCUT2D eigenvalue weighted by molar-refractivity contribution is 7.09. The highest BCUT2D eigenvalue weighted by Gasteiger charge is 2.17. The molecule has 22 heavy (non-hydrogen) atoms. The minimum atomic E-state index is -0.217. The standard InChI is InChI=1S/C13H14N6OS2/c1-8-11(17-22-16-8)7-19-9(2)12(15-18-19)13(20)14-6-10-4-3-5-21-10/h3-5H,6-7H2,1-2H3,(H,14,20). The van der Waals surface area contributed by atoms with Gasteiger partial charge in [-0.05, 0) is 25.3 Å². The second kappa shape index (κ2) is 6.32. The van der Waals surface area contributed by atoms with Crippen molar-refractivity contribution in [2.75, 3.05) is 0 Å². The molecule has 0 bridgehead atoms. The lowest BCUT2D eigenvalue weighted by molar-refractivity contribution is 0.0945. The largest absolute Gasteiger partial charge is 0.346 e. The summed E-state index contributed by atoms with van der Waals surface area (Å²) in [6.07, 6.45) is 0. The van der Waals surface area contributed by atoms with Gasteiger partial charge in [0.05, 0.1) is 41.9 Å². The third kappa shape index (κ3) is 3.04. The smallest absolute Gasteiger partial charge is 0.274 e. The van der Waals surface area contributed by atoms with Crippen LogP contribution in [0.15, 0.2) is 17.5 Å². The van der Waals surface area contributed by atoms with Crippen LogP contribution in [-0.4, -0.2) is 29.6 Å². The molecule has 0 aromatic carbocycles. The SMILES string of the molecule is Cc1nsnc1Cn1nnc(C(=O)NCc2cccs2)c1C. The molecule has 0 unspecified atom stereocenters. The summed E-state index contributed by atoms with van der Waals surface area (Å²) in [6, 6.07) is 3.94. The third-order valence-electron chi connectivity index (χ3n) is 3.25. The molecule has 3 rings (SSSR count). The summed E-state index contributed by atoms with van der Waals surface area (Å²) in [5.74, 6) is -0.217. The van der Waals surface area contributed by atoms with Gasteiger partial charge in [-0.25, -0.2) is 4.68 Å². The molecule has 0 aliphatic carbocycles. The van der Waals surface area contributed by atoms with E-state index in [1.807, 2.05) is 31.4 Å². The van der Waals surface area contributed by atoms with Crippen molar-refractivity contribution in [2.45, 2.75) is 26.9 Å². The van der Waals surface area contributed by atoms with E-state index in [4.69, 9.17) is 0 Å². The van der Waals surface area contributed by atoms with Gasteiger partial charge in [0.25, 0.3) is 5.91 Å². The van der Waals surface area contributed by atoms with Gasteiger partial charge in [0.15, 0.2) is 5.69 Å². The average Bonchev–Trinajstić information content (AvgIpc) is 3.22. The Balaban J connectivity index is 1.69. The second-order valence-corrected chi connectivity index (χ2v) is 6.30. The zero-order chi connectivity index (χ0) is 15.5. The van der Waals surface area contributed by atoms with E-state index in [-0.39, 0.29) is 5.91 Å². The minimum absolute atomic E-state index is 0.217. The van der Waals surface area contributed by atoms with Crippen LogP contribution in [0.5, 0.6) is 0 Å². The maximum atomic E-state index is 12.2. The summed E-state index contributed by atoms with van der Waals surface area (Å²) < 4.78 is 10.0. The van der Waals surface area contributed by atoms with Crippen molar-refractivity contribution in [3.8, 4) is 0 Å². The molecule has 0 atom stereocenters. The molecule has 1 N–H and O–H groups in total. The van der Waals surface area contributed by atoms with Crippen molar-refractivity contribution in [1.29, 1.82) is 0 Å². The van der Waals surface area contributed by atoms with Crippen LogP contribution in [0.2, 0.25) is 0 Å². The normalized spacial score (nSPS) is 10.8. The van der Waals surface area contributed by atoms with Crippen molar-refractivity contribution >= 4 is 29.0 Å². The molecule has 0 fully saturated rings. The van der Waals surface area contributed by atoms with Crippen molar-refractivity contribution in [3.63, 3.8) is 0 Å². The Morgan fingerprint density at radius 2 is 2.23 bits per heavy atom. The van der Waals surface area contributed by atoms with E-state index in [9.17, 15) is 4.79 Å². The number of hydrogen-bond donors (Lipinski definition) is 1. The first-order valence-corrected chi connectivity index (χ1v) is 8.25. The Bertz CT molecular complexity index is 776. The molecule has 3 aromatic rings. The number of hydrogen-bond acceptors (Lipinski definition) is 7. The van der Waals surface area contributed by atoms with Crippen molar-refractivity contribution in [1.82, 2.24) is 29.1 Å². The summed E-state index contributed by atoms with van der Waals surface area (Å²) in [6.45, 7) is 4.70. The number of aryl methyl sites for hydroxylation is 1. The van der Waals surface area contributed by atoms with Gasteiger partial charge in [0, 0.05) is 4.88 Å². The van der Waals surface area contributed by atoms with Crippen LogP contribution in [0.1, 0.15) is 32.4 Å². The van der Waals surface area contributed by atoms with E-state index >= 15 is 0 Å². The Hall–Kier alpha value is -2.13. The maximum Gasteiger partial charge on any atom is 0.274 e. The molecule has 0 aliphatic heterocycles. The van der Waals surface area contributed by atoms with Gasteiger partial charge in [-0.3, -0.25) is 4.79 Å². The molecule has 114 valence electrons. The summed E-state index contributed by atoms with van der Waals surface area (Å²) in [4.78, 5) is 13.3. The van der Waals surface area contributed by atoms with Crippen LogP contribution < -0.4 is 5.32 Å². The number of carbonyl (C=O) groups excluding carboxylic acids is 1. The predicted molar refractivity (Wildman–Crippen MR) is 84.0 cm³/mol. The quantitative estimate of drug-likeness (QED) is 0.769. The van der Waals surface area contributed by atoms with Crippen molar-refractivity contribution in [2.24, 2.45) is 0 Å². The Morgan fingerprint density at radius 1 is 1.36 bits per heavy atom. The molecule has 7 nitrogen and oxygen atoms in total. The van der Waals surface area contributed by atoms with Gasteiger partial charge in [-0.15, -0.1) is 16.4 Å². The number of rotatable bonds is 5. The van der Waals surface area contributed by atoms with Gasteiger partial charge in [0.2, 0.25) is 0 Å². The topological polar surface area (TPSA) is 85.6 Å². The van der Waals surface area contributed by atoms with Crippen LogP contribution in [-0.2, 0) is 13.1 Å². The zero-order valence-corrected chi connectivity index (χ0v) is 13.7. The fourth-order valence-corrected chi connectivity index (χ4v) is 3.12. The van der Waals surface area contributed by atoms with Crippen LogP contribution >= 0.6 is 23.1 Å². The van der Waals surface area contributed by atoms with E-state index in [1.165, 1.54) is 11.7 Å². The molecular formula is C13H14N6OS2. The molecule has 1 amide bonds. The minimum Gasteiger partial charge on any atom is -0.346 e. The van der Waals surface area contributed by atoms with E-state index in [1.54, 1.807) is 16.0 Å². The summed E-state index contributed by atoms with van der Waals surface area (Å²) in [5, 5.41) is 12.9. The molecule has 3 aromatic heterocycles. The maximum absolute atomic E-state index is 12.2. The Labute approximate surface area is 135 Å². The molecule has 0 aliphatic rings. The molecule has 3 heterocycles. The van der Waals surface area contributed by atoms with Crippen LogP contribution in [0.4, 0.5) is 0 Å². The predicted octanol–water partition coefficient (Wildman–Crippen LogP) is 1.79. The molecular weight excluding hydrogens is 320 g/mol. The lowest BCUT2D eigenvalue weighted by Crippen LogP contribution is -2.23. The monoisotopic (exact) mass is 334 g/mol. The number of nitrogens with one attached hydrogen (secondary N) is 1. The van der Waals surface area contributed by atoms with Gasteiger partial charge in [0.1, 0.15) is 0 Å². The number of thiophene rings is 1. The second-order valence-electron chi connectivity index (χ2n) is 4.74. The van der Waals surface area contributed by atoms with Gasteiger partial charge >= 0.3 is 0 Å². The highest BCUT2D eigenvalue weighted by atomic mass is 32.1. The summed E-state index contributed by atoms with van der Waals surface area (Å²) in [7, 11) is 0. The van der Waals surface area contributed by atoms with E-state index in [2.05, 4.69) is 24.4 Å². The fraction of sp³-hybridized carbons (Fsp3) is 0.308. The van der Waals surface area contributed by atoms with Crippen molar-refractivity contribution < 1.29 is 4.79 Å². The molecule has 0 radical (unpaired) electrons. The van der Waals surface area contributed by atoms with Crippen LogP contribution in [0.3, 0.4) is 0 Å². The summed E-state index contributed by atoms with van der Waals surface area (Å²) >= 11 is 2.78. The van der Waals surface area contributed by atoms with Crippen LogP contribution in [0.25, 0.3) is 0 Å². The van der Waals surface area contributed by atoms with E-state index in [0.29, 0.717) is 18.8 Å². The third-order valence-corrected chi connectivity index (χ3v) is 4.78. The van der Waals surface area contributed by atoms with E-state index < -0.39 is 0 Å². The number of nitrogens with zero attached hydrogens (tertiary/aromatic N) is 5. The average molecular weight is 334 g/mol. The lowest BCUT2D eigenvalue weighted by atomic mass is 10.3. The van der Waals surface area contributed by atoms with Crippen molar-refractivity contribution in [3.05, 3.63) is 45.2 Å². The lowest BCUT2D eigenvalue weighted by Gasteiger charge is -2.03. The Kier molecular flexibility index (Phi) is 4.25. The summed E-state index contributed by atoms with van der Waals surface area (Å²) in [5.41, 5.74) is 2.79. The number of amides is 1. The molecule has 0 saturated carbocycles. The van der Waals surface area contributed by atoms with Gasteiger partial charge < -0.3 is 5.32 Å². The fourth-order valence-electron chi connectivity index (χ4n) is 1.92. The van der Waals surface area contributed by atoms with E-state index in [0.717, 1.165) is 22.0 Å². The number of aromatic nitrogens is 5. The number of carbonyl (C=O) groups is 1. The Morgan fingerprint density at radius 3 is 2.91 bits per heavy atom. The molecule has 0 spiro atoms. The first kappa shape index (κ1) is 14.8. The highest BCUT2D eigenvalue weighted by Crippen LogP contribution is 2.11. The van der Waals surface area contributed by atoms with Gasteiger partial charge in [-0.2, -0.15) is 8.75 Å². The van der Waals surface area contributed by atoms with Crippen LogP contribution in [0, 0.1) is 13.8 Å². The first-order chi connectivity index (χ1) is 10.6. The molecule has 0 saturated heterocycles. The first-order valence-electron chi connectivity index (χ1n) is 6.64. The zero-order valence-electron chi connectivity index (χ0n) is 12.1.